The molecule has 1 aliphatic heterocycles. The third-order valence-corrected chi connectivity index (χ3v) is 5.96. The number of benzene rings is 1. The standard InChI is InChI=1S/C20H20FN3O2S/c1-12-3-4-22-20-17(12)13(2)18(27-20)19(25)23-15-9-14(21)10-16(11-15)24-5-7-26-8-6-24/h3-4,9-11H,5-8H2,1-2H3,(H,23,25). The van der Waals surface area contributed by atoms with Crippen LogP contribution in [-0.2, 0) is 4.74 Å². The van der Waals surface area contributed by atoms with E-state index in [1.807, 2.05) is 19.9 Å². The van der Waals surface area contributed by atoms with E-state index < -0.39 is 0 Å². The Morgan fingerprint density at radius 3 is 2.78 bits per heavy atom. The normalized spacial score (nSPS) is 14.6. The first-order valence-corrected chi connectivity index (χ1v) is 9.64. The number of fused-ring (bicyclic) bond motifs is 1. The maximum atomic E-state index is 14.1. The fourth-order valence-corrected chi connectivity index (χ4v) is 4.53. The molecule has 0 spiro atoms. The Kier molecular flexibility index (Phi) is 4.80. The van der Waals surface area contributed by atoms with Gasteiger partial charge < -0.3 is 15.0 Å². The number of amides is 1. The lowest BCUT2D eigenvalue weighted by molar-refractivity contribution is 0.103. The Morgan fingerprint density at radius 1 is 1.26 bits per heavy atom. The Morgan fingerprint density at radius 2 is 2.04 bits per heavy atom. The number of carbonyl (C=O) groups is 1. The summed E-state index contributed by atoms with van der Waals surface area (Å²) in [4.78, 5) is 20.7. The smallest absolute Gasteiger partial charge is 0.266 e. The van der Waals surface area contributed by atoms with Gasteiger partial charge in [-0.05, 0) is 49.2 Å². The van der Waals surface area contributed by atoms with Crippen LogP contribution in [-0.4, -0.2) is 37.2 Å². The Labute approximate surface area is 160 Å². The van der Waals surface area contributed by atoms with Crippen LogP contribution in [0.2, 0.25) is 0 Å². The fraction of sp³-hybridized carbons (Fsp3) is 0.300. The van der Waals surface area contributed by atoms with Crippen LogP contribution in [0.1, 0.15) is 20.8 Å². The number of halogens is 1. The predicted molar refractivity (Wildman–Crippen MR) is 106 cm³/mol. The Bertz CT molecular complexity index is 1010. The summed E-state index contributed by atoms with van der Waals surface area (Å²) >= 11 is 1.36. The summed E-state index contributed by atoms with van der Waals surface area (Å²) < 4.78 is 19.5. The zero-order valence-corrected chi connectivity index (χ0v) is 16.0. The average Bonchev–Trinajstić information content (AvgIpc) is 3.00. The number of nitrogens with zero attached hydrogens (tertiary/aromatic N) is 2. The van der Waals surface area contributed by atoms with Gasteiger partial charge in [-0.2, -0.15) is 0 Å². The van der Waals surface area contributed by atoms with Crippen LogP contribution in [0.15, 0.2) is 30.5 Å². The predicted octanol–water partition coefficient (Wildman–Crippen LogP) is 4.14. The van der Waals surface area contributed by atoms with Gasteiger partial charge in [-0.3, -0.25) is 4.79 Å². The van der Waals surface area contributed by atoms with Gasteiger partial charge in [-0.1, -0.05) is 0 Å². The highest BCUT2D eigenvalue weighted by molar-refractivity contribution is 7.20. The molecule has 0 radical (unpaired) electrons. The molecular formula is C20H20FN3O2S. The molecule has 3 aromatic rings. The Balaban J connectivity index is 1.62. The van der Waals surface area contributed by atoms with E-state index in [-0.39, 0.29) is 11.7 Å². The van der Waals surface area contributed by atoms with Gasteiger partial charge in [-0.25, -0.2) is 9.37 Å². The number of aromatic nitrogens is 1. The molecule has 1 aromatic carbocycles. The highest BCUT2D eigenvalue weighted by Gasteiger charge is 2.19. The summed E-state index contributed by atoms with van der Waals surface area (Å²) in [6, 6.07) is 6.57. The molecule has 140 valence electrons. The minimum Gasteiger partial charge on any atom is -0.378 e. The molecule has 1 aliphatic rings. The van der Waals surface area contributed by atoms with Crippen molar-refractivity contribution >= 4 is 38.8 Å². The van der Waals surface area contributed by atoms with E-state index in [0.717, 1.165) is 27.0 Å². The quantitative estimate of drug-likeness (QED) is 0.736. The van der Waals surface area contributed by atoms with E-state index in [2.05, 4.69) is 15.2 Å². The van der Waals surface area contributed by atoms with Crippen LogP contribution in [0.5, 0.6) is 0 Å². The van der Waals surface area contributed by atoms with Gasteiger partial charge in [0.1, 0.15) is 10.6 Å². The van der Waals surface area contributed by atoms with Crippen molar-refractivity contribution in [3.63, 3.8) is 0 Å². The minimum absolute atomic E-state index is 0.242. The molecule has 5 nitrogen and oxygen atoms in total. The molecule has 0 aliphatic carbocycles. The number of hydrogen-bond donors (Lipinski definition) is 1. The van der Waals surface area contributed by atoms with Crippen LogP contribution in [0.25, 0.3) is 10.2 Å². The molecule has 1 saturated heterocycles. The molecule has 0 bridgehead atoms. The summed E-state index contributed by atoms with van der Waals surface area (Å²) in [6.07, 6.45) is 1.75. The van der Waals surface area contributed by atoms with E-state index in [4.69, 9.17) is 4.74 Å². The second-order valence-corrected chi connectivity index (χ2v) is 7.61. The van der Waals surface area contributed by atoms with E-state index in [0.29, 0.717) is 36.9 Å². The SMILES string of the molecule is Cc1ccnc2sc(C(=O)Nc3cc(F)cc(N4CCOCC4)c3)c(C)c12. The largest absolute Gasteiger partial charge is 0.378 e. The molecule has 7 heteroatoms. The third-order valence-electron chi connectivity index (χ3n) is 4.76. The van der Waals surface area contributed by atoms with Gasteiger partial charge in [0.15, 0.2) is 0 Å². The van der Waals surface area contributed by atoms with Gasteiger partial charge in [0.05, 0.1) is 18.1 Å². The zero-order valence-electron chi connectivity index (χ0n) is 15.2. The van der Waals surface area contributed by atoms with E-state index in [1.165, 1.54) is 23.5 Å². The first-order valence-electron chi connectivity index (χ1n) is 8.82. The van der Waals surface area contributed by atoms with Gasteiger partial charge in [0.25, 0.3) is 5.91 Å². The first kappa shape index (κ1) is 17.9. The molecule has 0 saturated carbocycles. The van der Waals surface area contributed by atoms with Crippen LogP contribution in [0.3, 0.4) is 0 Å². The van der Waals surface area contributed by atoms with Gasteiger partial charge in [0, 0.05) is 36.0 Å². The van der Waals surface area contributed by atoms with E-state index in [9.17, 15) is 9.18 Å². The maximum absolute atomic E-state index is 14.1. The molecule has 1 fully saturated rings. The number of morpholine rings is 1. The number of ether oxygens (including phenoxy) is 1. The van der Waals surface area contributed by atoms with Crippen molar-refractivity contribution in [3.05, 3.63) is 52.3 Å². The van der Waals surface area contributed by atoms with Crippen LogP contribution in [0.4, 0.5) is 15.8 Å². The van der Waals surface area contributed by atoms with Crippen LogP contribution < -0.4 is 10.2 Å². The third kappa shape index (κ3) is 3.52. The fourth-order valence-electron chi connectivity index (χ4n) is 3.41. The topological polar surface area (TPSA) is 54.5 Å². The molecule has 1 N–H and O–H groups in total. The van der Waals surface area contributed by atoms with Crippen molar-refractivity contribution < 1.29 is 13.9 Å². The molecule has 0 unspecified atom stereocenters. The molecule has 27 heavy (non-hydrogen) atoms. The average molecular weight is 385 g/mol. The zero-order chi connectivity index (χ0) is 19.0. The number of aryl methyl sites for hydroxylation is 2. The van der Waals surface area contributed by atoms with Crippen LogP contribution >= 0.6 is 11.3 Å². The number of thiophene rings is 1. The van der Waals surface area contributed by atoms with Gasteiger partial charge in [-0.15, -0.1) is 11.3 Å². The lowest BCUT2D eigenvalue weighted by atomic mass is 10.1. The van der Waals surface area contributed by atoms with E-state index in [1.54, 1.807) is 12.3 Å². The molecule has 2 aromatic heterocycles. The van der Waals surface area contributed by atoms with Crippen molar-refractivity contribution in [3.8, 4) is 0 Å². The molecule has 1 amide bonds. The first-order chi connectivity index (χ1) is 13.0. The number of anilines is 2. The highest BCUT2D eigenvalue weighted by Crippen LogP contribution is 2.32. The van der Waals surface area contributed by atoms with Crippen molar-refractivity contribution in [2.75, 3.05) is 36.5 Å². The second-order valence-electron chi connectivity index (χ2n) is 6.62. The lowest BCUT2D eigenvalue weighted by Crippen LogP contribution is -2.36. The van der Waals surface area contributed by atoms with Crippen LogP contribution in [0, 0.1) is 19.7 Å². The summed E-state index contributed by atoms with van der Waals surface area (Å²) in [6.45, 7) is 6.57. The van der Waals surface area contributed by atoms with E-state index >= 15 is 0 Å². The minimum atomic E-state index is -0.375. The number of pyridine rings is 1. The molecular weight excluding hydrogens is 365 g/mol. The van der Waals surface area contributed by atoms with Crippen molar-refractivity contribution in [1.29, 1.82) is 0 Å². The van der Waals surface area contributed by atoms with Crippen molar-refractivity contribution in [2.24, 2.45) is 0 Å². The molecule has 4 rings (SSSR count). The summed E-state index contributed by atoms with van der Waals surface area (Å²) in [7, 11) is 0. The number of rotatable bonds is 3. The van der Waals surface area contributed by atoms with Crippen molar-refractivity contribution in [2.45, 2.75) is 13.8 Å². The van der Waals surface area contributed by atoms with Crippen molar-refractivity contribution in [1.82, 2.24) is 4.98 Å². The lowest BCUT2D eigenvalue weighted by Gasteiger charge is -2.29. The van der Waals surface area contributed by atoms with Gasteiger partial charge in [0.2, 0.25) is 0 Å². The molecule has 0 atom stereocenters. The molecule has 3 heterocycles. The monoisotopic (exact) mass is 385 g/mol. The van der Waals surface area contributed by atoms with Gasteiger partial charge >= 0.3 is 0 Å². The number of hydrogen-bond acceptors (Lipinski definition) is 5. The number of nitrogens with one attached hydrogen (secondary N) is 1. The summed E-state index contributed by atoms with van der Waals surface area (Å²) in [5, 5.41) is 3.86. The second kappa shape index (κ2) is 7.25. The Hall–Kier alpha value is -2.51. The summed E-state index contributed by atoms with van der Waals surface area (Å²) in [5.41, 5.74) is 3.19. The summed E-state index contributed by atoms with van der Waals surface area (Å²) in [5.74, 6) is -0.617. The number of carbonyl (C=O) groups excluding carboxylic acids is 1. The highest BCUT2D eigenvalue weighted by atomic mass is 32.1. The maximum Gasteiger partial charge on any atom is 0.266 e.